The number of piperazine rings is 1. The summed E-state index contributed by atoms with van der Waals surface area (Å²) in [6.45, 7) is 3.60. The molecule has 0 saturated carbocycles. The number of furan rings is 1. The van der Waals surface area contributed by atoms with Crippen LogP contribution in [0.4, 0.5) is 20.4 Å². The first-order valence-corrected chi connectivity index (χ1v) is 14.2. The molecule has 6 rings (SSSR count). The van der Waals surface area contributed by atoms with E-state index in [1.165, 1.54) is 10.8 Å². The van der Waals surface area contributed by atoms with Crippen LogP contribution in [0.2, 0.25) is 0 Å². The van der Waals surface area contributed by atoms with Crippen molar-refractivity contribution in [2.24, 2.45) is 0 Å². The van der Waals surface area contributed by atoms with Crippen molar-refractivity contribution < 1.29 is 18.3 Å². The van der Waals surface area contributed by atoms with E-state index in [1.54, 1.807) is 22.8 Å². The molecule has 3 N–H and O–H groups in total. The third kappa shape index (κ3) is 5.09. The Morgan fingerprint density at radius 3 is 2.56 bits per heavy atom. The van der Waals surface area contributed by atoms with E-state index in [4.69, 9.17) is 15.3 Å². The minimum absolute atomic E-state index is 0.125. The van der Waals surface area contributed by atoms with Gasteiger partial charge in [0.05, 0.1) is 12.0 Å². The molecule has 1 aliphatic heterocycles. The molecule has 0 radical (unpaired) electrons. The Hall–Kier alpha value is -3.53. The molecule has 15 heteroatoms. The fourth-order valence-corrected chi connectivity index (χ4v) is 5.99. The van der Waals surface area contributed by atoms with Crippen molar-refractivity contribution in [3.05, 3.63) is 51.8 Å². The first-order chi connectivity index (χ1) is 18.9. The van der Waals surface area contributed by atoms with Gasteiger partial charge in [-0.25, -0.2) is 13.8 Å². The van der Waals surface area contributed by atoms with Crippen LogP contribution in [0.1, 0.15) is 0 Å². The number of hydrogen-bond acceptors (Lipinski definition) is 10. The van der Waals surface area contributed by atoms with E-state index in [2.05, 4.69) is 20.0 Å². The van der Waals surface area contributed by atoms with Crippen LogP contribution in [0.5, 0.6) is 0 Å². The number of nitrogens with zero attached hydrogens (tertiary/aromatic N) is 7. The Bertz CT molecular complexity index is 1660. The number of fused-ring (bicyclic) bond motifs is 3. The van der Waals surface area contributed by atoms with Crippen LogP contribution in [-0.2, 0) is 18.3 Å². The number of rotatable bonds is 6. The lowest BCUT2D eigenvalue weighted by Gasteiger charge is -2.36. The van der Waals surface area contributed by atoms with Crippen molar-refractivity contribution in [3.8, 4) is 11.6 Å². The van der Waals surface area contributed by atoms with Gasteiger partial charge in [0, 0.05) is 70.3 Å². The van der Waals surface area contributed by atoms with Crippen LogP contribution in [-0.4, -0.2) is 80.2 Å². The lowest BCUT2D eigenvalue weighted by molar-refractivity contribution is 0.248. The summed E-state index contributed by atoms with van der Waals surface area (Å²) in [6.07, 6.45) is 3.36. The summed E-state index contributed by atoms with van der Waals surface area (Å²) in [4.78, 5) is 26.3. The van der Waals surface area contributed by atoms with Gasteiger partial charge >= 0.3 is 4.87 Å². The molecular formula is C24H27F2N8O3S2+. The monoisotopic (exact) mass is 577 g/mol. The predicted octanol–water partition coefficient (Wildman–Crippen LogP) is 1.86. The molecule has 1 aliphatic rings. The maximum absolute atomic E-state index is 14.4. The van der Waals surface area contributed by atoms with Crippen LogP contribution in [0, 0.1) is 11.6 Å². The number of aromatic nitrogens is 5. The number of halogens is 2. The lowest BCUT2D eigenvalue weighted by Crippen LogP contribution is -2.47. The summed E-state index contributed by atoms with van der Waals surface area (Å²) < 4.78 is 37.3. The summed E-state index contributed by atoms with van der Waals surface area (Å²) in [7, 11) is 1.00. The van der Waals surface area contributed by atoms with Crippen molar-refractivity contribution >= 4 is 50.7 Å². The molecule has 5 heterocycles. The number of benzene rings is 1. The number of nitrogens with two attached hydrogens (primary N) is 1. The number of aliphatic hydroxyl groups is 1. The molecule has 1 fully saturated rings. The Balaban J connectivity index is 0.00000151. The number of nitrogen functional groups attached to an aromatic ring is 1. The van der Waals surface area contributed by atoms with E-state index in [0.29, 0.717) is 77.4 Å². The zero-order valence-corrected chi connectivity index (χ0v) is 22.9. The third-order valence-electron chi connectivity index (χ3n) is 6.47. The lowest BCUT2D eigenvalue weighted by atomic mass is 10.2. The maximum atomic E-state index is 14.4. The summed E-state index contributed by atoms with van der Waals surface area (Å²) in [5.41, 5.74) is 7.51. The second-order valence-electron chi connectivity index (χ2n) is 8.60. The molecule has 4 aromatic heterocycles. The normalized spacial score (nSPS) is 14.2. The topological polar surface area (TPSA) is 131 Å². The van der Waals surface area contributed by atoms with Crippen LogP contribution in [0.15, 0.2) is 44.6 Å². The Kier molecular flexibility index (Phi) is 7.83. The molecule has 0 spiro atoms. The van der Waals surface area contributed by atoms with Crippen LogP contribution >= 0.6 is 11.3 Å². The quantitative estimate of drug-likeness (QED) is 0.229. The molecule has 1 aromatic carbocycles. The van der Waals surface area contributed by atoms with E-state index >= 15 is 0 Å². The average Bonchev–Trinajstić information content (AvgIpc) is 3.69. The van der Waals surface area contributed by atoms with Gasteiger partial charge in [0.2, 0.25) is 11.8 Å². The zero-order valence-electron chi connectivity index (χ0n) is 21.2. The van der Waals surface area contributed by atoms with Crippen LogP contribution in [0.25, 0.3) is 27.6 Å². The maximum Gasteiger partial charge on any atom is 0.309 e. The molecule has 0 atom stereocenters. The van der Waals surface area contributed by atoms with Gasteiger partial charge in [0.1, 0.15) is 16.8 Å². The zero-order chi connectivity index (χ0) is 27.7. The Morgan fingerprint density at radius 2 is 1.87 bits per heavy atom. The second-order valence-corrected chi connectivity index (χ2v) is 10.5. The molecule has 11 nitrogen and oxygen atoms in total. The van der Waals surface area contributed by atoms with Crippen molar-refractivity contribution in [2.45, 2.75) is 11.4 Å². The first kappa shape index (κ1) is 27.1. The summed E-state index contributed by atoms with van der Waals surface area (Å²) in [6, 6.07) is 6.04. The number of thiazole rings is 1. The smallest absolute Gasteiger partial charge is 0.309 e. The van der Waals surface area contributed by atoms with E-state index in [0.717, 1.165) is 36.3 Å². The van der Waals surface area contributed by atoms with Gasteiger partial charge in [0.25, 0.3) is 0 Å². The molecular weight excluding hydrogens is 550 g/mol. The van der Waals surface area contributed by atoms with Crippen molar-refractivity contribution in [2.75, 3.05) is 56.7 Å². The highest BCUT2D eigenvalue weighted by atomic mass is 32.2. The Labute approximate surface area is 229 Å². The van der Waals surface area contributed by atoms with Crippen molar-refractivity contribution in [1.82, 2.24) is 29.0 Å². The van der Waals surface area contributed by atoms with Crippen LogP contribution in [0.3, 0.4) is 0 Å². The number of thiol groups is 1. The number of hydrogen-bond donors (Lipinski definition) is 2. The summed E-state index contributed by atoms with van der Waals surface area (Å²) >= 11 is 1.81. The minimum atomic E-state index is -0.548. The fraction of sp³-hybridized carbons (Fsp3) is 0.333. The Morgan fingerprint density at radius 1 is 1.10 bits per heavy atom. The molecule has 0 aliphatic carbocycles. The molecule has 206 valence electrons. The largest absolute Gasteiger partial charge is 0.461 e. The van der Waals surface area contributed by atoms with Gasteiger partial charge in [-0.05, 0) is 12.1 Å². The van der Waals surface area contributed by atoms with E-state index in [-0.39, 0.29) is 10.8 Å². The minimum Gasteiger partial charge on any atom is -0.461 e. The average molecular weight is 578 g/mol. The molecule has 39 heavy (non-hydrogen) atoms. The third-order valence-corrected chi connectivity index (χ3v) is 8.26. The van der Waals surface area contributed by atoms with Gasteiger partial charge in [-0.15, -0.1) is 5.10 Å². The standard InChI is InChI=1S/C23H22F2N8O2S2.CH4O/c1-36-17-12-15(13(24)11-14(17)25)31-7-4-30(5-8-31)6-9-32-20-18(37-23(32)34)21-27-19(16-3-2-10-35-16)29-33(21)22(26)28-20;1-2/h2-3,10-12H,4-9H2,1H3,(H2,26,28);2H,1H3/p+1. The first-order valence-electron chi connectivity index (χ1n) is 12.0. The van der Waals surface area contributed by atoms with E-state index in [1.807, 2.05) is 11.2 Å². The highest BCUT2D eigenvalue weighted by Gasteiger charge is 2.24. The predicted molar refractivity (Wildman–Crippen MR) is 149 cm³/mol. The van der Waals surface area contributed by atoms with E-state index in [9.17, 15) is 13.6 Å². The van der Waals surface area contributed by atoms with Gasteiger partial charge in [-0.2, -0.15) is 9.50 Å². The highest BCUT2D eigenvalue weighted by Crippen LogP contribution is 2.27. The summed E-state index contributed by atoms with van der Waals surface area (Å²) in [5, 5.41) is 11.4. The van der Waals surface area contributed by atoms with Gasteiger partial charge < -0.3 is 20.2 Å². The molecule has 0 bridgehead atoms. The van der Waals surface area contributed by atoms with Gasteiger partial charge in [-0.1, -0.05) is 11.3 Å². The van der Waals surface area contributed by atoms with Gasteiger partial charge in [0.15, 0.2) is 27.8 Å². The van der Waals surface area contributed by atoms with Crippen molar-refractivity contribution in [1.29, 1.82) is 0 Å². The molecule has 0 amide bonds. The molecule has 5 aromatic rings. The van der Waals surface area contributed by atoms with Crippen molar-refractivity contribution in [3.63, 3.8) is 0 Å². The number of aliphatic hydroxyl groups excluding tert-OH is 1. The number of anilines is 2. The molecule has 1 saturated heterocycles. The highest BCUT2D eigenvalue weighted by molar-refractivity contribution is 7.77. The van der Waals surface area contributed by atoms with Gasteiger partial charge in [-0.3, -0.25) is 14.3 Å². The summed E-state index contributed by atoms with van der Waals surface area (Å²) in [5.74, 6) is -0.0894. The van der Waals surface area contributed by atoms with Crippen LogP contribution < -0.4 is 15.5 Å². The second kappa shape index (κ2) is 11.3. The van der Waals surface area contributed by atoms with E-state index < -0.39 is 11.6 Å². The SMILES string of the molecule is CO.C[SH+]c1cc(N2CCN(CCn3c(=O)sc4c3nc(N)n3nc(-c5ccco5)nc43)CC2)c(F)cc1F. The fourth-order valence-electron chi connectivity index (χ4n) is 4.53. The molecule has 0 unspecified atom stereocenters.